The number of amides is 2. The molecule has 2 fully saturated rings. The molecule has 1 aliphatic carbocycles. The zero-order chi connectivity index (χ0) is 22.0. The highest BCUT2D eigenvalue weighted by Gasteiger charge is 2.39. The number of carbonyl (C=O) groups is 2. The first-order valence-corrected chi connectivity index (χ1v) is 11.8. The highest BCUT2D eigenvalue weighted by atomic mass is 16.2. The molecule has 3 aliphatic rings. The number of piperidine rings is 2. The number of nitrogens with one attached hydrogen (secondary N) is 2. The summed E-state index contributed by atoms with van der Waals surface area (Å²) in [6.07, 6.45) is 8.41. The first-order valence-electron chi connectivity index (χ1n) is 11.8. The van der Waals surface area contributed by atoms with Crippen molar-refractivity contribution < 1.29 is 9.59 Å². The lowest BCUT2D eigenvalue weighted by Crippen LogP contribution is -2.44. The summed E-state index contributed by atoms with van der Waals surface area (Å²) >= 11 is 0. The molecule has 0 radical (unpaired) electrons. The molecule has 5 rings (SSSR count). The van der Waals surface area contributed by atoms with Gasteiger partial charge in [0.15, 0.2) is 0 Å². The smallest absolute Gasteiger partial charge is 0.254 e. The molecule has 1 unspecified atom stereocenters. The number of benzene rings is 2. The first-order chi connectivity index (χ1) is 15.7. The van der Waals surface area contributed by atoms with E-state index in [0.29, 0.717) is 12.1 Å². The molecule has 166 valence electrons. The van der Waals surface area contributed by atoms with Crippen LogP contribution in [-0.2, 0) is 16.8 Å². The van der Waals surface area contributed by atoms with Crippen LogP contribution in [0.3, 0.4) is 0 Å². The molecule has 1 spiro atoms. The number of carbonyl (C=O) groups excluding carboxylic acids is 2. The van der Waals surface area contributed by atoms with Crippen LogP contribution in [0.15, 0.2) is 54.6 Å². The van der Waals surface area contributed by atoms with E-state index in [1.54, 1.807) is 0 Å². The van der Waals surface area contributed by atoms with Gasteiger partial charge in [-0.3, -0.25) is 9.59 Å². The molecule has 2 aliphatic heterocycles. The Labute approximate surface area is 189 Å². The molecule has 0 bridgehead atoms. The molecule has 0 aromatic heterocycles. The first kappa shape index (κ1) is 21.0. The summed E-state index contributed by atoms with van der Waals surface area (Å²) in [6, 6.07) is 16.3. The van der Waals surface area contributed by atoms with Crippen LogP contribution in [0.4, 0.5) is 0 Å². The van der Waals surface area contributed by atoms with E-state index >= 15 is 0 Å². The van der Waals surface area contributed by atoms with Crippen molar-refractivity contribution in [3.8, 4) is 0 Å². The van der Waals surface area contributed by atoms with Crippen molar-refractivity contribution in [2.24, 2.45) is 5.92 Å². The second-order valence-electron chi connectivity index (χ2n) is 9.29. The average molecular weight is 430 g/mol. The topological polar surface area (TPSA) is 61.4 Å². The van der Waals surface area contributed by atoms with Gasteiger partial charge in [0.2, 0.25) is 5.91 Å². The maximum absolute atomic E-state index is 13.4. The molecule has 2 aromatic carbocycles. The average Bonchev–Trinajstić information content (AvgIpc) is 3.21. The molecular weight excluding hydrogens is 398 g/mol. The number of likely N-dealkylation sites (tertiary alicyclic amines) is 1. The number of nitrogens with zero attached hydrogens (tertiary/aromatic N) is 1. The Morgan fingerprint density at radius 3 is 2.66 bits per heavy atom. The van der Waals surface area contributed by atoms with E-state index < -0.39 is 0 Å². The van der Waals surface area contributed by atoms with Crippen LogP contribution < -0.4 is 10.6 Å². The van der Waals surface area contributed by atoms with Crippen molar-refractivity contribution in [3.63, 3.8) is 0 Å². The van der Waals surface area contributed by atoms with Crippen LogP contribution in [0.25, 0.3) is 6.08 Å². The summed E-state index contributed by atoms with van der Waals surface area (Å²) in [5.41, 5.74) is 4.36. The number of rotatable bonds is 4. The minimum Gasteiger partial charge on any atom is -0.352 e. The summed E-state index contributed by atoms with van der Waals surface area (Å²) < 4.78 is 0. The van der Waals surface area contributed by atoms with Gasteiger partial charge in [-0.2, -0.15) is 0 Å². The number of hydrogen-bond acceptors (Lipinski definition) is 3. The Hall–Kier alpha value is -2.92. The summed E-state index contributed by atoms with van der Waals surface area (Å²) in [5.74, 6) is 0.164. The maximum atomic E-state index is 13.4. The number of allylic oxidation sites excluding steroid dienone is 1. The van der Waals surface area contributed by atoms with Crippen molar-refractivity contribution in [1.82, 2.24) is 15.5 Å². The lowest BCUT2D eigenvalue weighted by atomic mass is 9.74. The summed E-state index contributed by atoms with van der Waals surface area (Å²) in [6.45, 7) is 3.60. The molecular formula is C27H31N3O2. The molecule has 2 amide bonds. The third-order valence-corrected chi connectivity index (χ3v) is 7.39. The molecule has 5 heteroatoms. The molecule has 1 atom stereocenters. The van der Waals surface area contributed by atoms with Gasteiger partial charge in [0.05, 0.1) is 5.92 Å². The Kier molecular flexibility index (Phi) is 5.83. The van der Waals surface area contributed by atoms with E-state index in [1.165, 1.54) is 11.1 Å². The second-order valence-corrected chi connectivity index (χ2v) is 9.29. The Balaban J connectivity index is 1.24. The normalized spacial score (nSPS) is 21.4. The monoisotopic (exact) mass is 429 g/mol. The van der Waals surface area contributed by atoms with Crippen LogP contribution in [0.2, 0.25) is 0 Å². The predicted octanol–water partition coefficient (Wildman–Crippen LogP) is 3.50. The van der Waals surface area contributed by atoms with Crippen molar-refractivity contribution in [2.75, 3.05) is 26.2 Å². The summed E-state index contributed by atoms with van der Waals surface area (Å²) in [5, 5.41) is 6.35. The Morgan fingerprint density at radius 1 is 1.06 bits per heavy atom. The Morgan fingerprint density at radius 2 is 1.84 bits per heavy atom. The van der Waals surface area contributed by atoms with Crippen LogP contribution in [0.5, 0.6) is 0 Å². The lowest BCUT2D eigenvalue weighted by Gasteiger charge is -2.39. The van der Waals surface area contributed by atoms with Gasteiger partial charge < -0.3 is 15.5 Å². The van der Waals surface area contributed by atoms with Crippen molar-refractivity contribution in [3.05, 3.63) is 76.9 Å². The SMILES string of the molecule is O=C(NCc1ccccc1C(=O)N1CCC2(C=Cc3ccccc32)CC1)C1CCCNC1. The fourth-order valence-electron chi connectivity index (χ4n) is 5.44. The largest absolute Gasteiger partial charge is 0.352 e. The van der Waals surface area contributed by atoms with E-state index in [1.807, 2.05) is 29.2 Å². The molecule has 2 saturated heterocycles. The molecule has 2 aromatic rings. The quantitative estimate of drug-likeness (QED) is 0.782. The van der Waals surface area contributed by atoms with Crippen LogP contribution in [0.1, 0.15) is 52.7 Å². The highest BCUT2D eigenvalue weighted by Crippen LogP contribution is 2.43. The predicted molar refractivity (Wildman–Crippen MR) is 126 cm³/mol. The van der Waals surface area contributed by atoms with Crippen LogP contribution in [0, 0.1) is 5.92 Å². The summed E-state index contributed by atoms with van der Waals surface area (Å²) in [7, 11) is 0. The Bertz CT molecular complexity index is 1030. The minimum atomic E-state index is 0.0206. The fraction of sp³-hybridized carbons (Fsp3) is 0.407. The van der Waals surface area contributed by atoms with Crippen molar-refractivity contribution in [1.29, 1.82) is 0 Å². The van der Waals surface area contributed by atoms with Gasteiger partial charge >= 0.3 is 0 Å². The highest BCUT2D eigenvalue weighted by molar-refractivity contribution is 5.96. The third kappa shape index (κ3) is 3.97. The van der Waals surface area contributed by atoms with Crippen molar-refractivity contribution >= 4 is 17.9 Å². The van der Waals surface area contributed by atoms with Gasteiger partial charge in [-0.05, 0) is 55.0 Å². The van der Waals surface area contributed by atoms with E-state index in [4.69, 9.17) is 0 Å². The zero-order valence-electron chi connectivity index (χ0n) is 18.5. The van der Waals surface area contributed by atoms with Crippen LogP contribution >= 0.6 is 0 Å². The third-order valence-electron chi connectivity index (χ3n) is 7.39. The summed E-state index contributed by atoms with van der Waals surface area (Å²) in [4.78, 5) is 27.9. The molecule has 32 heavy (non-hydrogen) atoms. The standard InChI is InChI=1S/C27H31N3O2/c31-25(22-8-5-15-28-18-22)29-19-21-7-1-3-9-23(21)26(32)30-16-13-27(14-17-30)12-11-20-6-2-4-10-24(20)27/h1-4,6-7,9-12,22,28H,5,8,13-19H2,(H,29,31). The zero-order valence-corrected chi connectivity index (χ0v) is 18.5. The van der Waals surface area contributed by atoms with Gasteiger partial charge in [-0.25, -0.2) is 0 Å². The number of hydrogen-bond donors (Lipinski definition) is 2. The molecule has 0 saturated carbocycles. The van der Waals surface area contributed by atoms with Gasteiger partial charge in [-0.1, -0.05) is 54.6 Å². The molecule has 5 nitrogen and oxygen atoms in total. The fourth-order valence-corrected chi connectivity index (χ4v) is 5.44. The number of fused-ring (bicyclic) bond motifs is 2. The maximum Gasteiger partial charge on any atom is 0.254 e. The van der Waals surface area contributed by atoms with Crippen LogP contribution in [-0.4, -0.2) is 42.9 Å². The second kappa shape index (κ2) is 8.91. The van der Waals surface area contributed by atoms with E-state index in [2.05, 4.69) is 47.1 Å². The molecule has 2 heterocycles. The van der Waals surface area contributed by atoms with E-state index in [0.717, 1.165) is 57.4 Å². The van der Waals surface area contributed by atoms with Gasteiger partial charge in [0.25, 0.3) is 5.91 Å². The van der Waals surface area contributed by atoms with E-state index in [-0.39, 0.29) is 23.1 Å². The minimum absolute atomic E-state index is 0.0206. The molecule has 2 N–H and O–H groups in total. The van der Waals surface area contributed by atoms with Gasteiger partial charge in [0.1, 0.15) is 0 Å². The van der Waals surface area contributed by atoms with E-state index in [9.17, 15) is 9.59 Å². The van der Waals surface area contributed by atoms with Gasteiger partial charge in [-0.15, -0.1) is 0 Å². The van der Waals surface area contributed by atoms with Crippen molar-refractivity contribution in [2.45, 2.75) is 37.6 Å². The lowest BCUT2D eigenvalue weighted by molar-refractivity contribution is -0.125. The van der Waals surface area contributed by atoms with Gasteiger partial charge in [0, 0.05) is 37.2 Å².